The Morgan fingerprint density at radius 2 is 2.35 bits per heavy atom. The number of aromatic nitrogens is 1. The maximum Gasteiger partial charge on any atom is 0.260 e. The van der Waals surface area contributed by atoms with Crippen LogP contribution in [0.25, 0.3) is 0 Å². The third kappa shape index (κ3) is 5.31. The molecule has 0 saturated carbocycles. The SMILES string of the molecule is CC(N)CCNC(=O)C(C)Oc1cccnc1. The summed E-state index contributed by atoms with van der Waals surface area (Å²) in [6, 6.07) is 3.61. The molecule has 1 heterocycles. The normalized spacial score (nSPS) is 13.8. The molecule has 1 rings (SSSR count). The second kappa shape index (κ2) is 6.85. The van der Waals surface area contributed by atoms with Gasteiger partial charge in [-0.25, -0.2) is 0 Å². The minimum absolute atomic E-state index is 0.0878. The summed E-state index contributed by atoms with van der Waals surface area (Å²) in [7, 11) is 0. The van der Waals surface area contributed by atoms with E-state index >= 15 is 0 Å². The van der Waals surface area contributed by atoms with Gasteiger partial charge in [0.1, 0.15) is 5.75 Å². The Morgan fingerprint density at radius 3 is 2.94 bits per heavy atom. The lowest BCUT2D eigenvalue weighted by Gasteiger charge is -2.14. The molecule has 0 spiro atoms. The second-order valence-corrected chi connectivity index (χ2v) is 4.01. The first-order valence-electron chi connectivity index (χ1n) is 5.69. The van der Waals surface area contributed by atoms with Crippen LogP contribution in [-0.2, 0) is 4.79 Å². The fourth-order valence-electron chi connectivity index (χ4n) is 1.24. The van der Waals surface area contributed by atoms with E-state index in [-0.39, 0.29) is 11.9 Å². The maximum absolute atomic E-state index is 11.6. The molecule has 0 saturated heterocycles. The molecule has 0 aliphatic carbocycles. The number of rotatable bonds is 6. The third-order valence-electron chi connectivity index (χ3n) is 2.22. The second-order valence-electron chi connectivity index (χ2n) is 4.01. The third-order valence-corrected chi connectivity index (χ3v) is 2.22. The molecule has 5 nitrogen and oxygen atoms in total. The van der Waals surface area contributed by atoms with Crippen molar-refractivity contribution in [3.63, 3.8) is 0 Å². The van der Waals surface area contributed by atoms with Gasteiger partial charge in [-0.3, -0.25) is 9.78 Å². The Labute approximate surface area is 101 Å². The highest BCUT2D eigenvalue weighted by atomic mass is 16.5. The van der Waals surface area contributed by atoms with Crippen LogP contribution in [0.3, 0.4) is 0 Å². The molecule has 2 atom stereocenters. The van der Waals surface area contributed by atoms with Gasteiger partial charge >= 0.3 is 0 Å². The van der Waals surface area contributed by atoms with Crippen molar-refractivity contribution in [1.29, 1.82) is 0 Å². The van der Waals surface area contributed by atoms with E-state index < -0.39 is 6.10 Å². The van der Waals surface area contributed by atoms with Crippen molar-refractivity contribution in [2.75, 3.05) is 6.54 Å². The van der Waals surface area contributed by atoms with Crippen LogP contribution in [-0.4, -0.2) is 29.6 Å². The fourth-order valence-corrected chi connectivity index (χ4v) is 1.24. The van der Waals surface area contributed by atoms with E-state index in [1.807, 2.05) is 6.92 Å². The van der Waals surface area contributed by atoms with Crippen molar-refractivity contribution in [1.82, 2.24) is 10.3 Å². The van der Waals surface area contributed by atoms with Crippen LogP contribution in [0.5, 0.6) is 5.75 Å². The van der Waals surface area contributed by atoms with E-state index in [9.17, 15) is 4.79 Å². The van der Waals surface area contributed by atoms with Gasteiger partial charge in [-0.1, -0.05) is 0 Å². The Bertz CT molecular complexity index is 341. The van der Waals surface area contributed by atoms with Gasteiger partial charge in [0.25, 0.3) is 5.91 Å². The first-order chi connectivity index (χ1) is 8.09. The summed E-state index contributed by atoms with van der Waals surface area (Å²) in [5.41, 5.74) is 5.59. The van der Waals surface area contributed by atoms with Gasteiger partial charge < -0.3 is 15.8 Å². The van der Waals surface area contributed by atoms with E-state index in [0.717, 1.165) is 6.42 Å². The summed E-state index contributed by atoms with van der Waals surface area (Å²) in [6.45, 7) is 4.17. The summed E-state index contributed by atoms with van der Waals surface area (Å²) >= 11 is 0. The Hall–Kier alpha value is -1.62. The van der Waals surface area contributed by atoms with Crippen molar-refractivity contribution in [2.45, 2.75) is 32.4 Å². The standard InChI is InChI=1S/C12H19N3O2/c1-9(13)5-7-15-12(16)10(2)17-11-4-3-6-14-8-11/h3-4,6,8-10H,5,7,13H2,1-2H3,(H,15,16). The molecule has 17 heavy (non-hydrogen) atoms. The summed E-state index contributed by atoms with van der Waals surface area (Å²) in [5, 5.41) is 2.77. The predicted octanol–water partition coefficient (Wildman–Crippen LogP) is 0.702. The highest BCUT2D eigenvalue weighted by Crippen LogP contribution is 2.08. The molecule has 0 aliphatic heterocycles. The lowest BCUT2D eigenvalue weighted by atomic mass is 10.2. The smallest absolute Gasteiger partial charge is 0.260 e. The number of hydrogen-bond acceptors (Lipinski definition) is 4. The average Bonchev–Trinajstić information content (AvgIpc) is 2.29. The van der Waals surface area contributed by atoms with Crippen LogP contribution in [0.1, 0.15) is 20.3 Å². The monoisotopic (exact) mass is 237 g/mol. The molecule has 0 aliphatic rings. The van der Waals surface area contributed by atoms with Gasteiger partial charge in [0.2, 0.25) is 0 Å². The lowest BCUT2D eigenvalue weighted by molar-refractivity contribution is -0.127. The number of nitrogens with two attached hydrogens (primary N) is 1. The summed E-state index contributed by atoms with van der Waals surface area (Å²) in [5.74, 6) is 0.442. The van der Waals surface area contributed by atoms with Gasteiger partial charge in [0.05, 0.1) is 6.20 Å². The minimum Gasteiger partial charge on any atom is -0.479 e. The van der Waals surface area contributed by atoms with Gasteiger partial charge in [0, 0.05) is 18.8 Å². The minimum atomic E-state index is -0.535. The predicted molar refractivity (Wildman–Crippen MR) is 65.6 cm³/mol. The zero-order valence-electron chi connectivity index (χ0n) is 10.2. The van der Waals surface area contributed by atoms with E-state index in [4.69, 9.17) is 10.5 Å². The number of hydrogen-bond donors (Lipinski definition) is 2. The Balaban J connectivity index is 2.32. The number of ether oxygens (including phenoxy) is 1. The summed E-state index contributed by atoms with van der Waals surface area (Å²) < 4.78 is 5.43. The molecule has 94 valence electrons. The molecule has 2 unspecified atom stereocenters. The quantitative estimate of drug-likeness (QED) is 0.763. The van der Waals surface area contributed by atoms with Crippen LogP contribution in [0, 0.1) is 0 Å². The topological polar surface area (TPSA) is 77.2 Å². The molecule has 0 radical (unpaired) electrons. The average molecular weight is 237 g/mol. The lowest BCUT2D eigenvalue weighted by Crippen LogP contribution is -2.38. The van der Waals surface area contributed by atoms with Gasteiger partial charge in [0.15, 0.2) is 6.10 Å². The van der Waals surface area contributed by atoms with E-state index in [0.29, 0.717) is 12.3 Å². The number of carbonyl (C=O) groups is 1. The molecule has 1 aromatic rings. The van der Waals surface area contributed by atoms with Crippen molar-refractivity contribution in [3.8, 4) is 5.75 Å². The number of nitrogens with zero attached hydrogens (tertiary/aromatic N) is 1. The van der Waals surface area contributed by atoms with Crippen LogP contribution in [0.15, 0.2) is 24.5 Å². The summed E-state index contributed by atoms with van der Waals surface area (Å²) in [4.78, 5) is 15.5. The highest BCUT2D eigenvalue weighted by Gasteiger charge is 2.13. The van der Waals surface area contributed by atoms with Crippen LogP contribution in [0.2, 0.25) is 0 Å². The van der Waals surface area contributed by atoms with Gasteiger partial charge in [-0.05, 0) is 32.4 Å². The van der Waals surface area contributed by atoms with E-state index in [2.05, 4.69) is 10.3 Å². The number of amides is 1. The molecule has 1 aromatic heterocycles. The Kier molecular flexibility index (Phi) is 5.42. The number of carbonyl (C=O) groups excluding carboxylic acids is 1. The van der Waals surface area contributed by atoms with Gasteiger partial charge in [-0.2, -0.15) is 0 Å². The summed E-state index contributed by atoms with van der Waals surface area (Å²) in [6.07, 6.45) is 3.45. The number of pyridine rings is 1. The first-order valence-corrected chi connectivity index (χ1v) is 5.69. The Morgan fingerprint density at radius 1 is 1.59 bits per heavy atom. The molecule has 3 N–H and O–H groups in total. The molecule has 0 bridgehead atoms. The molecule has 1 amide bonds. The van der Waals surface area contributed by atoms with Crippen LogP contribution >= 0.6 is 0 Å². The van der Waals surface area contributed by atoms with Crippen LogP contribution < -0.4 is 15.8 Å². The maximum atomic E-state index is 11.6. The zero-order valence-corrected chi connectivity index (χ0v) is 10.2. The largest absolute Gasteiger partial charge is 0.479 e. The van der Waals surface area contributed by atoms with E-state index in [1.165, 1.54) is 0 Å². The van der Waals surface area contributed by atoms with Gasteiger partial charge in [-0.15, -0.1) is 0 Å². The highest BCUT2D eigenvalue weighted by molar-refractivity contribution is 5.80. The van der Waals surface area contributed by atoms with Crippen molar-refractivity contribution in [3.05, 3.63) is 24.5 Å². The first kappa shape index (κ1) is 13.4. The number of nitrogens with one attached hydrogen (secondary N) is 1. The molecule has 0 aromatic carbocycles. The van der Waals surface area contributed by atoms with Crippen LogP contribution in [0.4, 0.5) is 0 Å². The molecular formula is C12H19N3O2. The fraction of sp³-hybridized carbons (Fsp3) is 0.500. The molecule has 0 fully saturated rings. The van der Waals surface area contributed by atoms with Crippen molar-refractivity contribution in [2.24, 2.45) is 5.73 Å². The molecular weight excluding hydrogens is 218 g/mol. The van der Waals surface area contributed by atoms with Crippen molar-refractivity contribution >= 4 is 5.91 Å². The zero-order chi connectivity index (χ0) is 12.7. The molecule has 5 heteroatoms. The van der Waals surface area contributed by atoms with E-state index in [1.54, 1.807) is 31.5 Å². The van der Waals surface area contributed by atoms with Crippen molar-refractivity contribution < 1.29 is 9.53 Å².